The summed E-state index contributed by atoms with van der Waals surface area (Å²) in [6.07, 6.45) is 0.423. The molecule has 0 radical (unpaired) electrons. The van der Waals surface area contributed by atoms with E-state index in [1.54, 1.807) is 12.1 Å². The first kappa shape index (κ1) is 10.7. The second kappa shape index (κ2) is 3.33. The van der Waals surface area contributed by atoms with Gasteiger partial charge in [-0.05, 0) is 17.7 Å². The molecule has 4 heteroatoms. The fourth-order valence-corrected chi connectivity index (χ4v) is 2.06. The minimum Gasteiger partial charge on any atom is -0.478 e. The number of benzene rings is 1. The van der Waals surface area contributed by atoms with Crippen LogP contribution < -0.4 is 5.32 Å². The molecule has 0 aromatic heterocycles. The molecule has 2 rings (SSSR count). The molecule has 1 amide bonds. The molecule has 1 heterocycles. The third-order valence-corrected chi connectivity index (χ3v) is 2.87. The molecule has 0 saturated heterocycles. The number of rotatable bonds is 1. The summed E-state index contributed by atoms with van der Waals surface area (Å²) in [5, 5.41) is 11.6. The van der Waals surface area contributed by atoms with Gasteiger partial charge >= 0.3 is 5.97 Å². The molecule has 16 heavy (non-hydrogen) atoms. The zero-order valence-electron chi connectivity index (χ0n) is 9.20. The van der Waals surface area contributed by atoms with Gasteiger partial charge in [-0.25, -0.2) is 4.79 Å². The molecule has 1 aromatic carbocycles. The molecule has 1 aliphatic heterocycles. The van der Waals surface area contributed by atoms with Gasteiger partial charge < -0.3 is 10.4 Å². The van der Waals surface area contributed by atoms with Crippen LogP contribution in [0.2, 0.25) is 0 Å². The fraction of sp³-hybridized carbons (Fsp3) is 0.333. The highest BCUT2D eigenvalue weighted by atomic mass is 16.4. The van der Waals surface area contributed by atoms with Gasteiger partial charge in [0.25, 0.3) is 0 Å². The van der Waals surface area contributed by atoms with E-state index in [0.717, 1.165) is 5.56 Å². The minimum absolute atomic E-state index is 0.0694. The maximum absolute atomic E-state index is 11.5. The predicted molar refractivity (Wildman–Crippen MR) is 59.7 cm³/mol. The lowest BCUT2D eigenvalue weighted by molar-refractivity contribution is -0.117. The Morgan fingerprint density at radius 3 is 2.75 bits per heavy atom. The Hall–Kier alpha value is -1.84. The topological polar surface area (TPSA) is 66.4 Å². The van der Waals surface area contributed by atoms with Gasteiger partial charge in [-0.2, -0.15) is 0 Å². The van der Waals surface area contributed by atoms with Crippen LogP contribution in [0.5, 0.6) is 0 Å². The van der Waals surface area contributed by atoms with Gasteiger partial charge in [-0.15, -0.1) is 0 Å². The summed E-state index contributed by atoms with van der Waals surface area (Å²) in [6, 6.07) is 4.86. The first-order valence-corrected chi connectivity index (χ1v) is 5.08. The lowest BCUT2D eigenvalue weighted by Gasteiger charge is -2.32. The molecular formula is C12H13NO3. The smallest absolute Gasteiger partial charge is 0.335 e. The molecule has 0 fully saturated rings. The second-order valence-corrected chi connectivity index (χ2v) is 4.67. The molecule has 1 aromatic rings. The number of carbonyl (C=O) groups excluding carboxylic acids is 1. The molecule has 1 aliphatic rings. The highest BCUT2D eigenvalue weighted by Gasteiger charge is 2.32. The van der Waals surface area contributed by atoms with Crippen LogP contribution in [0, 0.1) is 0 Å². The van der Waals surface area contributed by atoms with E-state index < -0.39 is 5.97 Å². The first-order valence-electron chi connectivity index (χ1n) is 5.08. The average Bonchev–Trinajstić information content (AvgIpc) is 2.14. The summed E-state index contributed by atoms with van der Waals surface area (Å²) in [6.45, 7) is 3.95. The number of carbonyl (C=O) groups is 2. The Morgan fingerprint density at radius 2 is 2.12 bits per heavy atom. The van der Waals surface area contributed by atoms with E-state index in [0.29, 0.717) is 12.1 Å². The SMILES string of the molecule is CC1(C)CC(=O)Nc2cc(C(=O)O)ccc21. The molecule has 84 valence electrons. The molecule has 0 aliphatic carbocycles. The van der Waals surface area contributed by atoms with E-state index in [9.17, 15) is 9.59 Å². The van der Waals surface area contributed by atoms with Gasteiger partial charge in [0.15, 0.2) is 0 Å². The number of fused-ring (bicyclic) bond motifs is 1. The summed E-state index contributed by atoms with van der Waals surface area (Å²) in [4.78, 5) is 22.3. The van der Waals surface area contributed by atoms with Crippen LogP contribution >= 0.6 is 0 Å². The Labute approximate surface area is 93.3 Å². The van der Waals surface area contributed by atoms with Gasteiger partial charge in [0, 0.05) is 17.5 Å². The summed E-state index contributed by atoms with van der Waals surface area (Å²) in [5.74, 6) is -1.06. The first-order chi connectivity index (χ1) is 7.40. The highest BCUT2D eigenvalue weighted by Crippen LogP contribution is 2.37. The van der Waals surface area contributed by atoms with E-state index in [1.807, 2.05) is 13.8 Å². The van der Waals surface area contributed by atoms with Crippen LogP contribution in [0.15, 0.2) is 18.2 Å². The molecule has 4 nitrogen and oxygen atoms in total. The van der Waals surface area contributed by atoms with Gasteiger partial charge in [-0.3, -0.25) is 4.79 Å². The number of hydrogen-bond donors (Lipinski definition) is 2. The number of aromatic carboxylic acids is 1. The van der Waals surface area contributed by atoms with E-state index in [2.05, 4.69) is 5.32 Å². The van der Waals surface area contributed by atoms with Crippen LogP contribution in [0.3, 0.4) is 0 Å². The summed E-state index contributed by atoms with van der Waals surface area (Å²) in [5.41, 5.74) is 1.55. The van der Waals surface area contributed by atoms with E-state index in [-0.39, 0.29) is 16.9 Å². The molecular weight excluding hydrogens is 206 g/mol. The van der Waals surface area contributed by atoms with Crippen molar-refractivity contribution in [1.82, 2.24) is 0 Å². The summed E-state index contributed by atoms with van der Waals surface area (Å²) >= 11 is 0. The number of anilines is 1. The number of nitrogens with one attached hydrogen (secondary N) is 1. The zero-order valence-corrected chi connectivity index (χ0v) is 9.20. The van der Waals surface area contributed by atoms with Crippen molar-refractivity contribution in [2.24, 2.45) is 0 Å². The lowest BCUT2D eigenvalue weighted by Crippen LogP contribution is -2.32. The van der Waals surface area contributed by atoms with Crippen molar-refractivity contribution >= 4 is 17.6 Å². The number of carboxylic acids is 1. The van der Waals surface area contributed by atoms with Crippen LogP contribution in [0.1, 0.15) is 36.2 Å². The average molecular weight is 219 g/mol. The highest BCUT2D eigenvalue weighted by molar-refractivity contribution is 5.97. The van der Waals surface area contributed by atoms with Gasteiger partial charge in [0.2, 0.25) is 5.91 Å². The normalized spacial score (nSPS) is 17.5. The quantitative estimate of drug-likeness (QED) is 0.759. The van der Waals surface area contributed by atoms with Gasteiger partial charge in [0.05, 0.1) is 5.56 Å². The van der Waals surface area contributed by atoms with E-state index >= 15 is 0 Å². The monoisotopic (exact) mass is 219 g/mol. The minimum atomic E-state index is -0.986. The number of carboxylic acid groups (broad SMARTS) is 1. The van der Waals surface area contributed by atoms with Crippen molar-refractivity contribution in [3.05, 3.63) is 29.3 Å². The largest absolute Gasteiger partial charge is 0.478 e. The standard InChI is InChI=1S/C12H13NO3/c1-12(2)6-10(14)13-9-5-7(11(15)16)3-4-8(9)12/h3-5H,6H2,1-2H3,(H,13,14)(H,15,16). The van der Waals surface area contributed by atoms with Crippen LogP contribution in [0.4, 0.5) is 5.69 Å². The van der Waals surface area contributed by atoms with Crippen molar-refractivity contribution < 1.29 is 14.7 Å². The summed E-state index contributed by atoms with van der Waals surface area (Å²) in [7, 11) is 0. The van der Waals surface area contributed by atoms with Crippen molar-refractivity contribution in [2.75, 3.05) is 5.32 Å². The van der Waals surface area contributed by atoms with Crippen LogP contribution in [-0.2, 0) is 10.2 Å². The maximum Gasteiger partial charge on any atom is 0.335 e. The number of hydrogen-bond acceptors (Lipinski definition) is 2. The second-order valence-electron chi connectivity index (χ2n) is 4.67. The molecule has 2 N–H and O–H groups in total. The van der Waals surface area contributed by atoms with Crippen molar-refractivity contribution in [2.45, 2.75) is 25.7 Å². The third kappa shape index (κ3) is 1.66. The van der Waals surface area contributed by atoms with E-state index in [1.165, 1.54) is 6.07 Å². The van der Waals surface area contributed by atoms with Gasteiger partial charge in [0.1, 0.15) is 0 Å². The van der Waals surface area contributed by atoms with Crippen molar-refractivity contribution in [1.29, 1.82) is 0 Å². The van der Waals surface area contributed by atoms with Crippen molar-refractivity contribution in [3.8, 4) is 0 Å². The fourth-order valence-electron chi connectivity index (χ4n) is 2.06. The van der Waals surface area contributed by atoms with Crippen LogP contribution in [0.25, 0.3) is 0 Å². The zero-order chi connectivity index (χ0) is 11.9. The molecule has 0 unspecified atom stereocenters. The molecule has 0 saturated carbocycles. The Morgan fingerprint density at radius 1 is 1.44 bits per heavy atom. The maximum atomic E-state index is 11.5. The van der Waals surface area contributed by atoms with Crippen LogP contribution in [-0.4, -0.2) is 17.0 Å². The predicted octanol–water partition coefficient (Wildman–Crippen LogP) is 2.00. The molecule has 0 spiro atoms. The lowest BCUT2D eigenvalue weighted by atomic mass is 9.78. The van der Waals surface area contributed by atoms with E-state index in [4.69, 9.17) is 5.11 Å². The van der Waals surface area contributed by atoms with Crippen molar-refractivity contribution in [3.63, 3.8) is 0 Å². The third-order valence-electron chi connectivity index (χ3n) is 2.87. The Bertz CT molecular complexity index is 477. The Balaban J connectivity index is 2.55. The van der Waals surface area contributed by atoms with Gasteiger partial charge in [-0.1, -0.05) is 19.9 Å². The molecule has 0 bridgehead atoms. The Kier molecular flexibility index (Phi) is 2.22. The number of amides is 1. The summed E-state index contributed by atoms with van der Waals surface area (Å²) < 4.78 is 0. The molecule has 0 atom stereocenters.